The standard InChI is InChI=1S/C16H14Cl2N2O2/c17-12-6-7-13(14(18)8-12)16(22)20-10-15(21)19-9-11-4-2-1-3-5-11/h1-8H,9-10H2,(H,19,21)(H,20,22). The largest absolute Gasteiger partial charge is 0.350 e. The summed E-state index contributed by atoms with van der Waals surface area (Å²) in [6.45, 7) is 0.294. The molecule has 0 saturated carbocycles. The van der Waals surface area contributed by atoms with Crippen LogP contribution in [0, 0.1) is 0 Å². The van der Waals surface area contributed by atoms with E-state index in [4.69, 9.17) is 23.2 Å². The van der Waals surface area contributed by atoms with E-state index in [1.807, 2.05) is 30.3 Å². The van der Waals surface area contributed by atoms with E-state index < -0.39 is 5.91 Å². The number of hydrogen-bond donors (Lipinski definition) is 2. The van der Waals surface area contributed by atoms with Crippen molar-refractivity contribution in [3.8, 4) is 0 Å². The van der Waals surface area contributed by atoms with Crippen LogP contribution in [-0.2, 0) is 11.3 Å². The number of carbonyl (C=O) groups excluding carboxylic acids is 2. The van der Waals surface area contributed by atoms with Gasteiger partial charge in [-0.2, -0.15) is 0 Å². The Balaban J connectivity index is 1.82. The van der Waals surface area contributed by atoms with Crippen LogP contribution in [0.2, 0.25) is 10.0 Å². The SMILES string of the molecule is O=C(CNC(=O)c1ccc(Cl)cc1Cl)NCc1ccccc1. The summed E-state index contributed by atoms with van der Waals surface area (Å²) < 4.78 is 0. The van der Waals surface area contributed by atoms with E-state index in [9.17, 15) is 9.59 Å². The van der Waals surface area contributed by atoms with Gasteiger partial charge in [-0.05, 0) is 23.8 Å². The fourth-order valence-corrected chi connectivity index (χ4v) is 2.28. The minimum Gasteiger partial charge on any atom is -0.350 e. The smallest absolute Gasteiger partial charge is 0.253 e. The molecule has 6 heteroatoms. The summed E-state index contributed by atoms with van der Waals surface area (Å²) in [6.07, 6.45) is 0. The van der Waals surface area contributed by atoms with Gasteiger partial charge in [-0.25, -0.2) is 0 Å². The highest BCUT2D eigenvalue weighted by Gasteiger charge is 2.11. The minimum atomic E-state index is -0.420. The molecule has 0 unspecified atom stereocenters. The maximum absolute atomic E-state index is 11.9. The van der Waals surface area contributed by atoms with E-state index >= 15 is 0 Å². The van der Waals surface area contributed by atoms with Gasteiger partial charge in [0.1, 0.15) is 0 Å². The van der Waals surface area contributed by atoms with Crippen molar-refractivity contribution in [1.82, 2.24) is 10.6 Å². The highest BCUT2D eigenvalue weighted by Crippen LogP contribution is 2.20. The number of halogens is 2. The van der Waals surface area contributed by atoms with Crippen molar-refractivity contribution in [1.29, 1.82) is 0 Å². The van der Waals surface area contributed by atoms with Crippen LogP contribution in [0.15, 0.2) is 48.5 Å². The second kappa shape index (κ2) is 7.82. The summed E-state index contributed by atoms with van der Waals surface area (Å²) in [5.74, 6) is -0.696. The van der Waals surface area contributed by atoms with Crippen LogP contribution in [0.3, 0.4) is 0 Å². The first-order valence-corrected chi connectivity index (χ1v) is 7.36. The maximum Gasteiger partial charge on any atom is 0.253 e. The third kappa shape index (κ3) is 4.76. The molecule has 2 aromatic rings. The van der Waals surface area contributed by atoms with Crippen molar-refractivity contribution in [2.45, 2.75) is 6.54 Å². The van der Waals surface area contributed by atoms with E-state index in [0.29, 0.717) is 11.6 Å². The molecule has 2 N–H and O–H groups in total. The monoisotopic (exact) mass is 336 g/mol. The van der Waals surface area contributed by atoms with E-state index in [1.165, 1.54) is 12.1 Å². The molecule has 0 aliphatic heterocycles. The molecule has 2 amide bonds. The average Bonchev–Trinajstić information content (AvgIpc) is 2.51. The van der Waals surface area contributed by atoms with Crippen molar-refractivity contribution < 1.29 is 9.59 Å². The Kier molecular flexibility index (Phi) is 5.81. The molecule has 0 heterocycles. The molecule has 0 saturated heterocycles. The van der Waals surface area contributed by atoms with Crippen molar-refractivity contribution in [2.75, 3.05) is 6.54 Å². The van der Waals surface area contributed by atoms with Crippen LogP contribution in [0.4, 0.5) is 0 Å². The zero-order valence-electron chi connectivity index (χ0n) is 11.6. The fourth-order valence-electron chi connectivity index (χ4n) is 1.79. The van der Waals surface area contributed by atoms with Gasteiger partial charge in [0.25, 0.3) is 5.91 Å². The van der Waals surface area contributed by atoms with Crippen molar-refractivity contribution in [2.24, 2.45) is 0 Å². The number of hydrogen-bond acceptors (Lipinski definition) is 2. The second-order valence-corrected chi connectivity index (χ2v) is 5.41. The Morgan fingerprint density at radius 3 is 2.36 bits per heavy atom. The minimum absolute atomic E-state index is 0.120. The van der Waals surface area contributed by atoms with Gasteiger partial charge in [0.2, 0.25) is 5.91 Å². The Labute approximate surface area is 138 Å². The first-order valence-electron chi connectivity index (χ1n) is 6.60. The molecule has 0 spiro atoms. The summed E-state index contributed by atoms with van der Waals surface area (Å²) in [5, 5.41) is 5.93. The molecule has 0 bridgehead atoms. The fraction of sp³-hybridized carbons (Fsp3) is 0.125. The van der Waals surface area contributed by atoms with Crippen LogP contribution < -0.4 is 10.6 Å². The highest BCUT2D eigenvalue weighted by atomic mass is 35.5. The van der Waals surface area contributed by atoms with Crippen LogP contribution in [0.1, 0.15) is 15.9 Å². The average molecular weight is 337 g/mol. The third-order valence-corrected chi connectivity index (χ3v) is 3.47. The Morgan fingerprint density at radius 2 is 1.68 bits per heavy atom. The zero-order valence-corrected chi connectivity index (χ0v) is 13.1. The molecule has 0 aliphatic carbocycles. The molecule has 2 rings (SSSR count). The molecule has 0 fully saturated rings. The molecule has 0 atom stereocenters. The van der Waals surface area contributed by atoms with E-state index in [1.54, 1.807) is 6.07 Å². The number of benzene rings is 2. The quantitative estimate of drug-likeness (QED) is 0.881. The van der Waals surface area contributed by atoms with Gasteiger partial charge in [-0.15, -0.1) is 0 Å². The van der Waals surface area contributed by atoms with Gasteiger partial charge in [0.15, 0.2) is 0 Å². The third-order valence-electron chi connectivity index (χ3n) is 2.92. The molecular weight excluding hydrogens is 323 g/mol. The number of amides is 2. The lowest BCUT2D eigenvalue weighted by Gasteiger charge is -2.08. The van der Waals surface area contributed by atoms with Gasteiger partial charge in [0, 0.05) is 11.6 Å². The number of nitrogens with one attached hydrogen (secondary N) is 2. The van der Waals surface area contributed by atoms with E-state index in [-0.39, 0.29) is 23.0 Å². The summed E-state index contributed by atoms with van der Waals surface area (Å²) in [6, 6.07) is 14.1. The van der Waals surface area contributed by atoms with E-state index in [2.05, 4.69) is 10.6 Å². The molecule has 0 radical (unpaired) electrons. The summed E-state index contributed by atoms with van der Waals surface area (Å²) >= 11 is 11.7. The highest BCUT2D eigenvalue weighted by molar-refractivity contribution is 6.36. The molecule has 0 aliphatic rings. The Hall–Kier alpha value is -2.04. The number of rotatable bonds is 5. The van der Waals surface area contributed by atoms with Gasteiger partial charge < -0.3 is 10.6 Å². The first-order chi connectivity index (χ1) is 10.6. The molecule has 2 aromatic carbocycles. The first kappa shape index (κ1) is 16.3. The predicted molar refractivity (Wildman–Crippen MR) is 87.1 cm³/mol. The van der Waals surface area contributed by atoms with Gasteiger partial charge in [-0.1, -0.05) is 53.5 Å². The summed E-state index contributed by atoms with van der Waals surface area (Å²) in [4.78, 5) is 23.6. The van der Waals surface area contributed by atoms with Gasteiger partial charge in [0.05, 0.1) is 17.1 Å². The lowest BCUT2D eigenvalue weighted by Crippen LogP contribution is -2.36. The second-order valence-electron chi connectivity index (χ2n) is 4.57. The molecule has 4 nitrogen and oxygen atoms in total. The Bertz CT molecular complexity index is 675. The lowest BCUT2D eigenvalue weighted by atomic mass is 10.2. The molecule has 0 aromatic heterocycles. The van der Waals surface area contributed by atoms with Crippen molar-refractivity contribution in [3.63, 3.8) is 0 Å². The predicted octanol–water partition coefficient (Wildman–Crippen LogP) is 3.04. The van der Waals surface area contributed by atoms with Crippen LogP contribution in [0.5, 0.6) is 0 Å². The number of carbonyl (C=O) groups is 2. The normalized spacial score (nSPS) is 10.1. The topological polar surface area (TPSA) is 58.2 Å². The molecular formula is C16H14Cl2N2O2. The van der Waals surface area contributed by atoms with Crippen molar-refractivity contribution >= 4 is 35.0 Å². The van der Waals surface area contributed by atoms with Crippen LogP contribution >= 0.6 is 23.2 Å². The van der Waals surface area contributed by atoms with E-state index in [0.717, 1.165) is 5.56 Å². The van der Waals surface area contributed by atoms with Gasteiger partial charge in [-0.3, -0.25) is 9.59 Å². The Morgan fingerprint density at radius 1 is 0.955 bits per heavy atom. The lowest BCUT2D eigenvalue weighted by molar-refractivity contribution is -0.120. The molecule has 22 heavy (non-hydrogen) atoms. The van der Waals surface area contributed by atoms with Crippen molar-refractivity contribution in [3.05, 3.63) is 69.7 Å². The summed E-state index contributed by atoms with van der Waals surface area (Å²) in [7, 11) is 0. The summed E-state index contributed by atoms with van der Waals surface area (Å²) in [5.41, 5.74) is 1.27. The zero-order chi connectivity index (χ0) is 15.9. The van der Waals surface area contributed by atoms with Gasteiger partial charge >= 0.3 is 0 Å². The maximum atomic E-state index is 11.9. The van der Waals surface area contributed by atoms with Crippen LogP contribution in [0.25, 0.3) is 0 Å². The molecule has 114 valence electrons. The van der Waals surface area contributed by atoms with Crippen LogP contribution in [-0.4, -0.2) is 18.4 Å².